The first-order chi connectivity index (χ1) is 4.83. The lowest BCUT2D eigenvalue weighted by Gasteiger charge is -1.89. The number of furan rings is 1. The van der Waals surface area contributed by atoms with Gasteiger partial charge in [-0.25, -0.2) is 0 Å². The first-order valence-corrected chi connectivity index (χ1v) is 3.96. The molecule has 1 aromatic rings. The molecule has 0 bridgehead atoms. The summed E-state index contributed by atoms with van der Waals surface area (Å²) in [5.41, 5.74) is 1.18. The Morgan fingerprint density at radius 2 is 2.40 bits per heavy atom. The van der Waals surface area contributed by atoms with Crippen molar-refractivity contribution in [2.24, 2.45) is 0 Å². The van der Waals surface area contributed by atoms with Crippen molar-refractivity contribution in [2.75, 3.05) is 5.88 Å². The van der Waals surface area contributed by atoms with Gasteiger partial charge in [0.2, 0.25) is 0 Å². The average Bonchev–Trinajstić information content (AvgIpc) is 2.31. The van der Waals surface area contributed by atoms with E-state index in [9.17, 15) is 0 Å². The summed E-state index contributed by atoms with van der Waals surface area (Å²) in [7, 11) is 0. The van der Waals surface area contributed by atoms with Crippen LogP contribution >= 0.6 is 11.6 Å². The third-order valence-electron chi connectivity index (χ3n) is 1.34. The van der Waals surface area contributed by atoms with Crippen LogP contribution in [0.4, 0.5) is 0 Å². The fraction of sp³-hybridized carbons (Fsp3) is 0.500. The summed E-state index contributed by atoms with van der Waals surface area (Å²) < 4.78 is 5.21. The van der Waals surface area contributed by atoms with Gasteiger partial charge in [-0.1, -0.05) is 0 Å². The van der Waals surface area contributed by atoms with E-state index < -0.39 is 0 Å². The molecule has 0 amide bonds. The van der Waals surface area contributed by atoms with Gasteiger partial charge in [0.05, 0.1) is 6.26 Å². The number of alkyl halides is 1. The minimum atomic E-state index is 0.708. The molecule has 0 fully saturated rings. The Morgan fingerprint density at radius 3 is 2.90 bits per heavy atom. The summed E-state index contributed by atoms with van der Waals surface area (Å²) in [5, 5.41) is 0. The lowest BCUT2D eigenvalue weighted by atomic mass is 10.2. The summed E-state index contributed by atoms with van der Waals surface area (Å²) >= 11 is 5.52. The molecule has 1 heterocycles. The van der Waals surface area contributed by atoms with Gasteiger partial charge in [0.15, 0.2) is 0 Å². The van der Waals surface area contributed by atoms with E-state index in [4.69, 9.17) is 16.0 Å². The standard InChI is InChI=1S/C8H11ClO/c1-7-5-8(10-6-7)3-2-4-9/h5-6H,2-4H2,1H3. The lowest BCUT2D eigenvalue weighted by Crippen LogP contribution is -1.81. The van der Waals surface area contributed by atoms with Gasteiger partial charge in [0.1, 0.15) is 5.76 Å². The Kier molecular flexibility index (Phi) is 2.82. The highest BCUT2D eigenvalue weighted by Crippen LogP contribution is 2.08. The molecule has 0 aliphatic heterocycles. The van der Waals surface area contributed by atoms with Gasteiger partial charge in [-0.15, -0.1) is 11.6 Å². The van der Waals surface area contributed by atoms with E-state index in [1.807, 2.05) is 13.0 Å². The Morgan fingerprint density at radius 1 is 1.60 bits per heavy atom. The summed E-state index contributed by atoms with van der Waals surface area (Å²) in [4.78, 5) is 0. The molecule has 2 heteroatoms. The van der Waals surface area contributed by atoms with Crippen molar-refractivity contribution in [1.29, 1.82) is 0 Å². The maximum absolute atomic E-state index is 5.52. The van der Waals surface area contributed by atoms with Crippen LogP contribution in [0.3, 0.4) is 0 Å². The van der Waals surface area contributed by atoms with E-state index in [0.717, 1.165) is 18.6 Å². The van der Waals surface area contributed by atoms with Crippen molar-refractivity contribution in [1.82, 2.24) is 0 Å². The molecule has 0 aliphatic carbocycles. The molecule has 1 aromatic heterocycles. The molecule has 0 saturated heterocycles. The minimum absolute atomic E-state index is 0.708. The van der Waals surface area contributed by atoms with Gasteiger partial charge in [-0.05, 0) is 25.0 Å². The molecule has 10 heavy (non-hydrogen) atoms. The zero-order valence-electron chi connectivity index (χ0n) is 6.06. The Hall–Kier alpha value is -0.430. The van der Waals surface area contributed by atoms with Crippen molar-refractivity contribution >= 4 is 11.6 Å². The van der Waals surface area contributed by atoms with Gasteiger partial charge in [0, 0.05) is 12.3 Å². The predicted octanol–water partition coefficient (Wildman–Crippen LogP) is 2.76. The number of rotatable bonds is 3. The van der Waals surface area contributed by atoms with Crippen LogP contribution in [0.5, 0.6) is 0 Å². The second-order valence-electron chi connectivity index (χ2n) is 2.38. The second kappa shape index (κ2) is 3.67. The van der Waals surface area contributed by atoms with Crippen molar-refractivity contribution in [3.8, 4) is 0 Å². The van der Waals surface area contributed by atoms with E-state index in [1.54, 1.807) is 6.26 Å². The fourth-order valence-corrected chi connectivity index (χ4v) is 0.996. The number of hydrogen-bond acceptors (Lipinski definition) is 1. The topological polar surface area (TPSA) is 13.1 Å². The zero-order chi connectivity index (χ0) is 7.40. The summed E-state index contributed by atoms with van der Waals surface area (Å²) in [6.45, 7) is 2.02. The maximum atomic E-state index is 5.52. The van der Waals surface area contributed by atoms with Crippen LogP contribution in [-0.2, 0) is 6.42 Å². The van der Waals surface area contributed by atoms with E-state index in [2.05, 4.69) is 0 Å². The van der Waals surface area contributed by atoms with Crippen LogP contribution in [0.15, 0.2) is 16.7 Å². The van der Waals surface area contributed by atoms with Gasteiger partial charge in [-0.2, -0.15) is 0 Å². The highest BCUT2D eigenvalue weighted by Gasteiger charge is 1.96. The van der Waals surface area contributed by atoms with E-state index in [1.165, 1.54) is 5.56 Å². The van der Waals surface area contributed by atoms with Crippen LogP contribution < -0.4 is 0 Å². The van der Waals surface area contributed by atoms with Crippen LogP contribution in [0.25, 0.3) is 0 Å². The summed E-state index contributed by atoms with van der Waals surface area (Å²) in [6.07, 6.45) is 3.72. The van der Waals surface area contributed by atoms with Gasteiger partial charge in [0.25, 0.3) is 0 Å². The van der Waals surface area contributed by atoms with Gasteiger partial charge >= 0.3 is 0 Å². The van der Waals surface area contributed by atoms with E-state index >= 15 is 0 Å². The lowest BCUT2D eigenvalue weighted by molar-refractivity contribution is 0.505. The quantitative estimate of drug-likeness (QED) is 0.617. The number of aryl methyl sites for hydroxylation is 2. The largest absolute Gasteiger partial charge is 0.469 e. The van der Waals surface area contributed by atoms with Crippen molar-refractivity contribution in [3.05, 3.63) is 23.7 Å². The molecule has 1 rings (SSSR count). The van der Waals surface area contributed by atoms with Crippen molar-refractivity contribution < 1.29 is 4.42 Å². The SMILES string of the molecule is Cc1coc(CCCCl)c1. The van der Waals surface area contributed by atoms with Crippen LogP contribution in [0, 0.1) is 6.92 Å². The van der Waals surface area contributed by atoms with Gasteiger partial charge in [-0.3, -0.25) is 0 Å². The first-order valence-electron chi connectivity index (χ1n) is 3.43. The Balaban J connectivity index is 2.42. The first kappa shape index (κ1) is 7.67. The molecule has 0 aromatic carbocycles. The minimum Gasteiger partial charge on any atom is -0.469 e. The second-order valence-corrected chi connectivity index (χ2v) is 2.76. The average molecular weight is 159 g/mol. The normalized spacial score (nSPS) is 10.2. The number of hydrogen-bond donors (Lipinski definition) is 0. The molecule has 0 aliphatic rings. The highest BCUT2D eigenvalue weighted by atomic mass is 35.5. The molecule has 0 atom stereocenters. The van der Waals surface area contributed by atoms with Crippen LogP contribution in [-0.4, -0.2) is 5.88 Å². The van der Waals surface area contributed by atoms with E-state index in [-0.39, 0.29) is 0 Å². The molecular formula is C8H11ClO. The molecular weight excluding hydrogens is 148 g/mol. The fourth-order valence-electron chi connectivity index (χ4n) is 0.863. The Bertz CT molecular complexity index is 193. The van der Waals surface area contributed by atoms with Gasteiger partial charge < -0.3 is 4.42 Å². The van der Waals surface area contributed by atoms with E-state index in [0.29, 0.717) is 5.88 Å². The number of halogens is 1. The third-order valence-corrected chi connectivity index (χ3v) is 1.61. The molecule has 0 spiro atoms. The Labute approximate surface area is 66.0 Å². The summed E-state index contributed by atoms with van der Waals surface area (Å²) in [6, 6.07) is 2.05. The zero-order valence-corrected chi connectivity index (χ0v) is 6.82. The molecule has 0 N–H and O–H groups in total. The smallest absolute Gasteiger partial charge is 0.104 e. The van der Waals surface area contributed by atoms with Crippen LogP contribution in [0.2, 0.25) is 0 Å². The molecule has 56 valence electrons. The molecule has 0 radical (unpaired) electrons. The maximum Gasteiger partial charge on any atom is 0.104 e. The monoisotopic (exact) mass is 158 g/mol. The summed E-state index contributed by atoms with van der Waals surface area (Å²) in [5.74, 6) is 1.75. The molecule has 0 saturated carbocycles. The highest BCUT2D eigenvalue weighted by molar-refractivity contribution is 6.17. The predicted molar refractivity (Wildman–Crippen MR) is 42.5 cm³/mol. The van der Waals surface area contributed by atoms with Crippen LogP contribution in [0.1, 0.15) is 17.7 Å². The van der Waals surface area contributed by atoms with Crippen molar-refractivity contribution in [3.63, 3.8) is 0 Å². The third kappa shape index (κ3) is 2.07. The van der Waals surface area contributed by atoms with Crippen molar-refractivity contribution in [2.45, 2.75) is 19.8 Å². The molecule has 0 unspecified atom stereocenters. The molecule has 1 nitrogen and oxygen atoms in total.